The second kappa shape index (κ2) is 7.58. The molecule has 1 saturated heterocycles. The number of amides is 1. The van der Waals surface area contributed by atoms with Gasteiger partial charge < -0.3 is 4.90 Å². The van der Waals surface area contributed by atoms with E-state index in [2.05, 4.69) is 79.7 Å². The lowest BCUT2D eigenvalue weighted by atomic mass is 10.3. The van der Waals surface area contributed by atoms with E-state index in [1.54, 1.807) is 0 Å². The van der Waals surface area contributed by atoms with Gasteiger partial charge in [0.05, 0.1) is 0 Å². The molecule has 136 valence electrons. The molecule has 3 aromatic rings. The van der Waals surface area contributed by atoms with Gasteiger partial charge in [0.25, 0.3) is 5.91 Å². The minimum Gasteiger partial charge on any atom is -0.339 e. The largest absolute Gasteiger partial charge is 0.339 e. The molecular formula is C24H24NOP. The molecule has 3 heteroatoms. The molecule has 3 aromatic carbocycles. The van der Waals surface area contributed by atoms with E-state index in [9.17, 15) is 4.79 Å². The number of hydrogen-bond acceptors (Lipinski definition) is 1. The van der Waals surface area contributed by atoms with E-state index in [1.807, 2.05) is 23.1 Å². The first kappa shape index (κ1) is 17.8. The SMILES string of the molecule is CCN1CCC(=P(c2ccccc2)(c2ccccc2)c2ccccc2)C1=O. The third-order valence-corrected chi connectivity index (χ3v) is 9.81. The second-order valence-corrected chi connectivity index (χ2v) is 10.2. The molecule has 1 heterocycles. The molecule has 0 bridgehead atoms. The molecule has 0 aromatic heterocycles. The summed E-state index contributed by atoms with van der Waals surface area (Å²) in [5, 5.41) is 4.84. The Kier molecular flexibility index (Phi) is 5.01. The van der Waals surface area contributed by atoms with Crippen LogP contribution >= 0.6 is 6.89 Å². The maximum atomic E-state index is 13.4. The van der Waals surface area contributed by atoms with Crippen LogP contribution in [0.3, 0.4) is 0 Å². The third-order valence-electron chi connectivity index (χ3n) is 5.37. The summed E-state index contributed by atoms with van der Waals surface area (Å²) in [6.07, 6.45) is 0.832. The van der Waals surface area contributed by atoms with Crippen molar-refractivity contribution >= 4 is 34.0 Å². The zero-order chi connectivity index (χ0) is 18.7. The normalized spacial score (nSPS) is 14.6. The Morgan fingerprint density at radius 1 is 0.741 bits per heavy atom. The Morgan fingerprint density at radius 3 is 1.48 bits per heavy atom. The molecule has 1 amide bonds. The van der Waals surface area contributed by atoms with Gasteiger partial charge >= 0.3 is 0 Å². The minimum atomic E-state index is -2.18. The summed E-state index contributed by atoms with van der Waals surface area (Å²) >= 11 is 0. The van der Waals surface area contributed by atoms with Gasteiger partial charge in [-0.25, -0.2) is 0 Å². The monoisotopic (exact) mass is 373 g/mol. The number of nitrogens with zero attached hydrogens (tertiary/aromatic N) is 1. The van der Waals surface area contributed by atoms with Crippen molar-refractivity contribution in [3.63, 3.8) is 0 Å². The van der Waals surface area contributed by atoms with Crippen LogP contribution in [0, 0.1) is 0 Å². The maximum absolute atomic E-state index is 13.4. The lowest BCUT2D eigenvalue weighted by molar-refractivity contribution is -0.122. The standard InChI is InChI=1S/C24H24NOP/c1-2-25-19-18-23(24(25)26)27(20-12-6-3-7-13-20,21-14-8-4-9-15-21)22-16-10-5-11-17-22/h3-17H,2,18-19H2,1H3. The van der Waals surface area contributed by atoms with Crippen LogP contribution in [0.25, 0.3) is 0 Å². The fourth-order valence-corrected chi connectivity index (χ4v) is 8.67. The van der Waals surface area contributed by atoms with Crippen molar-refractivity contribution in [3.05, 3.63) is 91.0 Å². The maximum Gasteiger partial charge on any atom is 0.250 e. The minimum absolute atomic E-state index is 0.224. The van der Waals surface area contributed by atoms with Crippen molar-refractivity contribution in [3.8, 4) is 0 Å². The van der Waals surface area contributed by atoms with Crippen molar-refractivity contribution in [2.24, 2.45) is 0 Å². The molecule has 0 aliphatic carbocycles. The van der Waals surface area contributed by atoms with E-state index in [4.69, 9.17) is 0 Å². The molecular weight excluding hydrogens is 349 g/mol. The molecule has 0 spiro atoms. The van der Waals surface area contributed by atoms with E-state index in [-0.39, 0.29) is 5.91 Å². The highest BCUT2D eigenvalue weighted by molar-refractivity contribution is 7.96. The highest BCUT2D eigenvalue weighted by atomic mass is 31.2. The summed E-state index contributed by atoms with van der Waals surface area (Å²) in [4.78, 5) is 15.4. The first-order valence-electron chi connectivity index (χ1n) is 9.50. The molecule has 0 saturated carbocycles. The van der Waals surface area contributed by atoms with Gasteiger partial charge in [-0.05, 0) is 36.1 Å². The van der Waals surface area contributed by atoms with Gasteiger partial charge in [-0.15, -0.1) is 0 Å². The highest BCUT2D eigenvalue weighted by Crippen LogP contribution is 2.48. The fourth-order valence-electron chi connectivity index (χ4n) is 4.11. The van der Waals surface area contributed by atoms with Gasteiger partial charge in [-0.1, -0.05) is 91.0 Å². The van der Waals surface area contributed by atoms with E-state index in [0.717, 1.165) is 24.8 Å². The number of rotatable bonds is 4. The molecule has 1 aliphatic heterocycles. The number of benzene rings is 3. The Hall–Kier alpha value is -2.57. The van der Waals surface area contributed by atoms with E-state index >= 15 is 0 Å². The average Bonchev–Trinajstić information content (AvgIpc) is 3.12. The van der Waals surface area contributed by atoms with Crippen molar-refractivity contribution in [2.45, 2.75) is 13.3 Å². The Morgan fingerprint density at radius 2 is 1.15 bits per heavy atom. The Balaban J connectivity index is 2.17. The molecule has 0 unspecified atom stereocenters. The third kappa shape index (κ3) is 2.95. The predicted octanol–water partition coefficient (Wildman–Crippen LogP) is 3.41. The van der Waals surface area contributed by atoms with E-state index in [1.165, 1.54) is 15.9 Å². The van der Waals surface area contributed by atoms with Crippen LogP contribution in [0.4, 0.5) is 0 Å². The summed E-state index contributed by atoms with van der Waals surface area (Å²) in [5.41, 5.74) is 0. The summed E-state index contributed by atoms with van der Waals surface area (Å²) in [7, 11) is 0. The molecule has 0 radical (unpaired) electrons. The second-order valence-electron chi connectivity index (χ2n) is 6.76. The molecule has 2 nitrogen and oxygen atoms in total. The number of likely N-dealkylation sites (tertiary alicyclic amines) is 1. The van der Waals surface area contributed by atoms with Crippen LogP contribution in [0.1, 0.15) is 13.3 Å². The lowest BCUT2D eigenvalue weighted by Gasteiger charge is -2.31. The Bertz CT molecular complexity index is 877. The van der Waals surface area contributed by atoms with Crippen LogP contribution < -0.4 is 15.9 Å². The van der Waals surface area contributed by atoms with Crippen LogP contribution in [0.15, 0.2) is 91.0 Å². The summed E-state index contributed by atoms with van der Waals surface area (Å²) in [6, 6.07) is 31.9. The van der Waals surface area contributed by atoms with E-state index in [0.29, 0.717) is 0 Å². The Labute approximate surface area is 161 Å². The van der Waals surface area contributed by atoms with Crippen LogP contribution in [0.5, 0.6) is 0 Å². The van der Waals surface area contributed by atoms with Crippen molar-refractivity contribution in [2.75, 3.05) is 13.1 Å². The zero-order valence-corrected chi connectivity index (χ0v) is 16.5. The van der Waals surface area contributed by atoms with Gasteiger partial charge in [0.15, 0.2) is 0 Å². The van der Waals surface area contributed by atoms with Crippen LogP contribution in [-0.2, 0) is 4.79 Å². The summed E-state index contributed by atoms with van der Waals surface area (Å²) in [5.74, 6) is 0.224. The summed E-state index contributed by atoms with van der Waals surface area (Å²) in [6.45, 7) is 1.46. The number of carbonyl (C=O) groups is 1. The highest BCUT2D eigenvalue weighted by Gasteiger charge is 2.37. The topological polar surface area (TPSA) is 20.3 Å². The quantitative estimate of drug-likeness (QED) is 0.642. The van der Waals surface area contributed by atoms with Crippen LogP contribution in [0.2, 0.25) is 0 Å². The molecule has 1 fully saturated rings. The molecule has 4 rings (SSSR count). The van der Waals surface area contributed by atoms with Crippen molar-refractivity contribution < 1.29 is 4.79 Å². The average molecular weight is 373 g/mol. The van der Waals surface area contributed by atoms with Gasteiger partial charge in [-0.3, -0.25) is 4.79 Å². The molecule has 1 aliphatic rings. The van der Waals surface area contributed by atoms with Crippen molar-refractivity contribution in [1.82, 2.24) is 4.90 Å². The van der Waals surface area contributed by atoms with Gasteiger partial charge in [0, 0.05) is 18.4 Å². The fraction of sp³-hybridized carbons (Fsp3) is 0.167. The van der Waals surface area contributed by atoms with E-state index < -0.39 is 6.89 Å². The van der Waals surface area contributed by atoms with Crippen molar-refractivity contribution in [1.29, 1.82) is 0 Å². The first-order chi connectivity index (χ1) is 13.3. The number of carbonyl (C=O) groups excluding carboxylic acids is 1. The summed E-state index contributed by atoms with van der Waals surface area (Å²) < 4.78 is 0. The number of hydrogen-bond donors (Lipinski definition) is 0. The van der Waals surface area contributed by atoms with Gasteiger partial charge in [-0.2, -0.15) is 0 Å². The molecule has 0 atom stereocenters. The smallest absolute Gasteiger partial charge is 0.250 e. The first-order valence-corrected chi connectivity index (χ1v) is 11.3. The zero-order valence-electron chi connectivity index (χ0n) is 15.6. The predicted molar refractivity (Wildman–Crippen MR) is 117 cm³/mol. The molecule has 27 heavy (non-hydrogen) atoms. The van der Waals surface area contributed by atoms with Gasteiger partial charge in [0.1, 0.15) is 0 Å². The molecule has 0 N–H and O–H groups in total. The van der Waals surface area contributed by atoms with Crippen LogP contribution in [-0.4, -0.2) is 29.2 Å². The van der Waals surface area contributed by atoms with Gasteiger partial charge in [0.2, 0.25) is 0 Å². The lowest BCUT2D eigenvalue weighted by Crippen LogP contribution is -2.34.